The maximum Gasteiger partial charge on any atom is 1.00 e. The first kappa shape index (κ1) is 11.0. The first-order valence-corrected chi connectivity index (χ1v) is 4.66. The van der Waals surface area contributed by atoms with Gasteiger partial charge in [0.05, 0.1) is 4.88 Å². The average molecular weight is 272 g/mol. The van der Waals surface area contributed by atoms with E-state index in [0.717, 1.165) is 10.4 Å². The lowest BCUT2D eigenvalue weighted by Gasteiger charge is -1.95. The van der Waals surface area contributed by atoms with Crippen LogP contribution in [0.15, 0.2) is 30.3 Å². The number of nitrogens with zero attached hydrogens (tertiary/aromatic N) is 1. The first-order valence-electron chi connectivity index (χ1n) is 3.84. The number of nitrogens with two attached hydrogens (primary N) is 2. The molecule has 0 radical (unpaired) electrons. The van der Waals surface area contributed by atoms with Gasteiger partial charge < -0.3 is 28.4 Å². The van der Waals surface area contributed by atoms with E-state index in [1.54, 1.807) is 0 Å². The first-order chi connectivity index (χ1) is 6.27. The maximum absolute atomic E-state index is 5.69. The van der Waals surface area contributed by atoms with Crippen molar-refractivity contribution in [3.63, 3.8) is 0 Å². The molecule has 1 aromatic carbocycles. The van der Waals surface area contributed by atoms with Crippen molar-refractivity contribution in [1.29, 1.82) is 0 Å². The van der Waals surface area contributed by atoms with Crippen molar-refractivity contribution in [2.24, 2.45) is 0 Å². The summed E-state index contributed by atoms with van der Waals surface area (Å²) < 4.78 is 0. The molecule has 0 saturated heterocycles. The molecule has 0 aliphatic rings. The summed E-state index contributed by atoms with van der Waals surface area (Å²) in [5.74, 6) is 0.508. The van der Waals surface area contributed by atoms with Gasteiger partial charge in [-0.1, -0.05) is 41.7 Å². The van der Waals surface area contributed by atoms with Gasteiger partial charge >= 0.3 is 1.43 Å². The Morgan fingerprint density at radius 2 is 1.79 bits per heavy atom. The van der Waals surface area contributed by atoms with Gasteiger partial charge in [-0.25, -0.2) is 4.98 Å². The molecular weight excluding hydrogens is 262 g/mol. The number of halogens is 1. The summed E-state index contributed by atoms with van der Waals surface area (Å²) in [4.78, 5) is 4.90. The van der Waals surface area contributed by atoms with Crippen molar-refractivity contribution in [3.05, 3.63) is 30.3 Å². The highest BCUT2D eigenvalue weighted by Crippen LogP contribution is 2.32. The van der Waals surface area contributed by atoms with Crippen molar-refractivity contribution in [2.45, 2.75) is 0 Å². The number of hydrogen-bond acceptors (Lipinski definition) is 4. The van der Waals surface area contributed by atoms with Crippen LogP contribution in [-0.4, -0.2) is 4.98 Å². The fourth-order valence-corrected chi connectivity index (χ4v) is 1.90. The zero-order valence-electron chi connectivity index (χ0n) is 8.27. The summed E-state index contributed by atoms with van der Waals surface area (Å²) in [5, 5.41) is 0.511. The molecule has 2 rings (SSSR count). The van der Waals surface area contributed by atoms with Crippen LogP contribution in [0, 0.1) is 0 Å². The monoisotopic (exact) mass is 271 g/mol. The maximum atomic E-state index is 5.69. The van der Waals surface area contributed by atoms with Gasteiger partial charge in [-0.15, -0.1) is 0 Å². The van der Waals surface area contributed by atoms with E-state index in [2.05, 4.69) is 4.98 Å². The molecule has 1 heterocycles. The molecule has 3 nitrogen and oxygen atoms in total. The second kappa shape index (κ2) is 4.43. The van der Waals surface area contributed by atoms with Crippen LogP contribution in [-0.2, 0) is 0 Å². The fourth-order valence-electron chi connectivity index (χ4n) is 1.15. The molecule has 4 N–H and O–H groups in total. The molecule has 0 aliphatic carbocycles. The number of benzene rings is 1. The molecule has 0 aliphatic heterocycles. The molecule has 2 aromatic rings. The second-order valence-corrected chi connectivity index (χ2v) is 3.66. The Morgan fingerprint density at radius 1 is 1.14 bits per heavy atom. The molecule has 0 amide bonds. The van der Waals surface area contributed by atoms with Crippen molar-refractivity contribution >= 4 is 22.3 Å². The third-order valence-corrected chi connectivity index (χ3v) is 2.66. The largest absolute Gasteiger partial charge is 1.00 e. The third-order valence-electron chi connectivity index (χ3n) is 1.71. The molecule has 0 saturated carbocycles. The molecular formula is C9H10BrN3S. The molecule has 1 aromatic heterocycles. The summed E-state index contributed by atoms with van der Waals surface area (Å²) in [6.45, 7) is 0. The fraction of sp³-hybridized carbons (Fsp3) is 0. The zero-order valence-corrected chi connectivity index (χ0v) is 9.68. The van der Waals surface area contributed by atoms with E-state index in [1.165, 1.54) is 11.3 Å². The minimum absolute atomic E-state index is 0. The minimum atomic E-state index is 0. The highest BCUT2D eigenvalue weighted by Gasteiger charge is 2.07. The van der Waals surface area contributed by atoms with Crippen LogP contribution in [0.1, 0.15) is 1.43 Å². The van der Waals surface area contributed by atoms with E-state index in [0.29, 0.717) is 10.9 Å². The number of aromatic nitrogens is 1. The van der Waals surface area contributed by atoms with Crippen LogP contribution in [0.5, 0.6) is 0 Å². The Bertz CT molecular complexity index is 419. The summed E-state index contributed by atoms with van der Waals surface area (Å²) in [6.07, 6.45) is 0. The van der Waals surface area contributed by atoms with Gasteiger partial charge in [0.15, 0.2) is 5.13 Å². The molecule has 5 heteroatoms. The van der Waals surface area contributed by atoms with Crippen LogP contribution in [0.2, 0.25) is 0 Å². The quantitative estimate of drug-likeness (QED) is 0.706. The number of thiazole rings is 1. The van der Waals surface area contributed by atoms with Gasteiger partial charge in [-0.2, -0.15) is 0 Å². The van der Waals surface area contributed by atoms with Gasteiger partial charge in [0.2, 0.25) is 0 Å². The highest BCUT2D eigenvalue weighted by atomic mass is 79.9. The molecule has 0 spiro atoms. The lowest BCUT2D eigenvalue weighted by molar-refractivity contribution is -0.00000265. The highest BCUT2D eigenvalue weighted by molar-refractivity contribution is 7.19. The van der Waals surface area contributed by atoms with Gasteiger partial charge in [0, 0.05) is 0 Å². The Kier molecular flexibility index (Phi) is 3.49. The summed E-state index contributed by atoms with van der Waals surface area (Å²) in [6, 6.07) is 9.87. The minimum Gasteiger partial charge on any atom is -1.00 e. The lowest BCUT2D eigenvalue weighted by atomic mass is 10.2. The number of nitrogen functional groups attached to an aromatic ring is 2. The van der Waals surface area contributed by atoms with Gasteiger partial charge in [0.25, 0.3) is 0 Å². The van der Waals surface area contributed by atoms with Gasteiger partial charge in [-0.05, 0) is 5.56 Å². The van der Waals surface area contributed by atoms with Gasteiger partial charge in [0.1, 0.15) is 5.82 Å². The standard InChI is InChI=1S/C9H9N3S.BrH/c10-8-7(13-9(11)12-8)6-4-2-1-3-5-6;/h1-5H,10H2,(H2,11,12);1H. The molecule has 74 valence electrons. The number of hydrogen-bond donors (Lipinski definition) is 2. The molecule has 0 unspecified atom stereocenters. The number of anilines is 2. The Balaban J connectivity index is 0.000000980. The summed E-state index contributed by atoms with van der Waals surface area (Å²) in [7, 11) is 0. The van der Waals surface area contributed by atoms with E-state index in [-0.39, 0.29) is 18.4 Å². The predicted octanol–water partition coefficient (Wildman–Crippen LogP) is -0.909. The SMILES string of the molecule is Nc1nc(N)c(-c2ccccc2)s1.[Br-].[H+]. The predicted molar refractivity (Wildman–Crippen MR) is 57.5 cm³/mol. The molecule has 0 bridgehead atoms. The van der Waals surface area contributed by atoms with Crippen molar-refractivity contribution in [1.82, 2.24) is 4.98 Å². The van der Waals surface area contributed by atoms with E-state index in [4.69, 9.17) is 11.5 Å². The molecule has 0 atom stereocenters. The summed E-state index contributed by atoms with van der Waals surface area (Å²) >= 11 is 1.41. The van der Waals surface area contributed by atoms with Crippen molar-refractivity contribution in [2.75, 3.05) is 11.5 Å². The number of rotatable bonds is 1. The van der Waals surface area contributed by atoms with Crippen LogP contribution in [0.3, 0.4) is 0 Å². The van der Waals surface area contributed by atoms with Crippen LogP contribution in [0.4, 0.5) is 10.9 Å². The second-order valence-electron chi connectivity index (χ2n) is 2.63. The van der Waals surface area contributed by atoms with Crippen molar-refractivity contribution in [3.8, 4) is 10.4 Å². The lowest BCUT2D eigenvalue weighted by Crippen LogP contribution is -3.00. The van der Waals surface area contributed by atoms with E-state index in [1.807, 2.05) is 30.3 Å². The topological polar surface area (TPSA) is 64.9 Å². The van der Waals surface area contributed by atoms with E-state index in [9.17, 15) is 0 Å². The van der Waals surface area contributed by atoms with E-state index < -0.39 is 0 Å². The third kappa shape index (κ3) is 2.05. The molecule has 0 fully saturated rings. The van der Waals surface area contributed by atoms with Gasteiger partial charge in [-0.3, -0.25) is 0 Å². The van der Waals surface area contributed by atoms with Crippen LogP contribution < -0.4 is 28.4 Å². The van der Waals surface area contributed by atoms with Crippen LogP contribution >= 0.6 is 11.3 Å². The van der Waals surface area contributed by atoms with Crippen molar-refractivity contribution < 1.29 is 18.4 Å². The molecule has 14 heavy (non-hydrogen) atoms. The Hall–Kier alpha value is -1.07. The average Bonchev–Trinajstić information content (AvgIpc) is 2.47. The Labute approximate surface area is 98.0 Å². The summed E-state index contributed by atoms with van der Waals surface area (Å²) in [5.41, 5.74) is 12.3. The zero-order chi connectivity index (χ0) is 9.26. The normalized spacial score (nSPS) is 9.43. The smallest absolute Gasteiger partial charge is 1.00 e. The van der Waals surface area contributed by atoms with E-state index >= 15 is 0 Å². The Morgan fingerprint density at radius 3 is 2.29 bits per heavy atom. The van der Waals surface area contributed by atoms with Crippen LogP contribution in [0.25, 0.3) is 10.4 Å².